The minimum absolute atomic E-state index is 0.239. The van der Waals surface area contributed by atoms with E-state index in [1.54, 1.807) is 10.8 Å². The molecule has 1 heterocycles. The van der Waals surface area contributed by atoms with Crippen molar-refractivity contribution in [2.45, 2.75) is 13.8 Å². The van der Waals surface area contributed by atoms with Gasteiger partial charge < -0.3 is 19.9 Å². The zero-order valence-corrected chi connectivity index (χ0v) is 17.5. The molecule has 0 spiro atoms. The molecule has 0 fully saturated rings. The number of carbonyl (C=O) groups is 1. The number of H-pyrrole nitrogens is 1. The van der Waals surface area contributed by atoms with Gasteiger partial charge in [0, 0.05) is 24.1 Å². The molecule has 3 rings (SSSR count). The summed E-state index contributed by atoms with van der Waals surface area (Å²) in [5.74, 6) is 0.542. The van der Waals surface area contributed by atoms with Gasteiger partial charge in [0.05, 0.1) is 0 Å². The average molecular weight is 411 g/mol. The second-order valence-electron chi connectivity index (χ2n) is 6.50. The van der Waals surface area contributed by atoms with Gasteiger partial charge in [-0.1, -0.05) is 32.0 Å². The van der Waals surface area contributed by atoms with Crippen LogP contribution in [0.3, 0.4) is 0 Å². The fourth-order valence-electron chi connectivity index (χ4n) is 3.03. The Morgan fingerprint density at radius 3 is 2.45 bits per heavy atom. The molecule has 0 aliphatic carbocycles. The second kappa shape index (κ2) is 10.0. The number of ether oxygens (including phenoxy) is 1. The number of benzene rings is 2. The maximum Gasteiger partial charge on any atom is 0.274 e. The van der Waals surface area contributed by atoms with Crippen LogP contribution in [0.4, 0.5) is 5.69 Å². The third-order valence-electron chi connectivity index (χ3n) is 4.71. The largest absolute Gasteiger partial charge is 0.492 e. The maximum atomic E-state index is 12.8. The van der Waals surface area contributed by atoms with Gasteiger partial charge in [-0.25, -0.2) is 0 Å². The SMILES string of the molecule is CCN(CC)CCOc1ccc(NC(=O)c2c[nH]c(=S)n2-c2ccccc2)cc1. The molecule has 29 heavy (non-hydrogen) atoms. The minimum Gasteiger partial charge on any atom is -0.492 e. The highest BCUT2D eigenvalue weighted by molar-refractivity contribution is 7.71. The Hall–Kier alpha value is -2.90. The van der Waals surface area contributed by atoms with E-state index in [9.17, 15) is 4.79 Å². The Morgan fingerprint density at radius 2 is 1.79 bits per heavy atom. The van der Waals surface area contributed by atoms with E-state index in [2.05, 4.69) is 29.0 Å². The first-order valence-corrected chi connectivity index (χ1v) is 10.2. The molecular formula is C22H26N4O2S. The molecular weight excluding hydrogens is 384 g/mol. The molecule has 0 saturated carbocycles. The number of amides is 1. The number of imidazole rings is 1. The molecule has 0 unspecified atom stereocenters. The van der Waals surface area contributed by atoms with E-state index in [0.29, 0.717) is 22.8 Å². The quantitative estimate of drug-likeness (QED) is 0.510. The lowest BCUT2D eigenvalue weighted by Gasteiger charge is -2.18. The number of rotatable bonds is 9. The van der Waals surface area contributed by atoms with E-state index in [4.69, 9.17) is 17.0 Å². The molecule has 7 heteroatoms. The number of nitrogens with one attached hydrogen (secondary N) is 2. The van der Waals surface area contributed by atoms with Crippen LogP contribution in [-0.4, -0.2) is 46.6 Å². The van der Waals surface area contributed by atoms with Gasteiger partial charge in [0.2, 0.25) is 0 Å². The van der Waals surface area contributed by atoms with E-state index < -0.39 is 0 Å². The molecule has 0 aliphatic rings. The number of likely N-dealkylation sites (N-methyl/N-ethyl adjacent to an activating group) is 1. The standard InChI is InChI=1S/C22H26N4O2S/c1-3-25(4-2)14-15-28-19-12-10-17(11-13-19)24-21(27)20-16-23-22(29)26(20)18-8-6-5-7-9-18/h5-13,16H,3-4,14-15H2,1-2H3,(H,23,29)(H,24,27). The Morgan fingerprint density at radius 1 is 1.10 bits per heavy atom. The van der Waals surface area contributed by atoms with Crippen LogP contribution in [0.15, 0.2) is 60.8 Å². The normalized spacial score (nSPS) is 10.9. The van der Waals surface area contributed by atoms with Gasteiger partial charge in [-0.05, 0) is 61.7 Å². The van der Waals surface area contributed by atoms with Gasteiger partial charge in [-0.2, -0.15) is 0 Å². The van der Waals surface area contributed by atoms with Gasteiger partial charge >= 0.3 is 0 Å². The van der Waals surface area contributed by atoms with E-state index >= 15 is 0 Å². The van der Waals surface area contributed by atoms with Gasteiger partial charge in [0.15, 0.2) is 4.77 Å². The van der Waals surface area contributed by atoms with E-state index in [1.165, 1.54) is 0 Å². The van der Waals surface area contributed by atoms with E-state index in [-0.39, 0.29) is 5.91 Å². The highest BCUT2D eigenvalue weighted by atomic mass is 32.1. The lowest BCUT2D eigenvalue weighted by molar-refractivity contribution is 0.102. The van der Waals surface area contributed by atoms with Crippen molar-refractivity contribution in [1.82, 2.24) is 14.5 Å². The second-order valence-corrected chi connectivity index (χ2v) is 6.89. The number of aromatic amines is 1. The van der Waals surface area contributed by atoms with Crippen LogP contribution >= 0.6 is 12.2 Å². The van der Waals surface area contributed by atoms with Crippen molar-refractivity contribution in [3.63, 3.8) is 0 Å². The number of nitrogens with zero attached hydrogens (tertiary/aromatic N) is 2. The van der Waals surface area contributed by atoms with E-state index in [1.807, 2.05) is 54.6 Å². The third kappa shape index (κ3) is 5.34. The van der Waals surface area contributed by atoms with Crippen molar-refractivity contribution in [3.8, 4) is 11.4 Å². The molecule has 0 bridgehead atoms. The van der Waals surface area contributed by atoms with Crippen molar-refractivity contribution >= 4 is 23.8 Å². The average Bonchev–Trinajstić information content (AvgIpc) is 3.14. The molecule has 2 N–H and O–H groups in total. The predicted octanol–water partition coefficient (Wildman–Crippen LogP) is 4.51. The summed E-state index contributed by atoms with van der Waals surface area (Å²) in [4.78, 5) is 18.0. The summed E-state index contributed by atoms with van der Waals surface area (Å²) >= 11 is 5.34. The van der Waals surface area contributed by atoms with Gasteiger partial charge in [0.25, 0.3) is 5.91 Å². The third-order valence-corrected chi connectivity index (χ3v) is 5.01. The van der Waals surface area contributed by atoms with Crippen LogP contribution in [0.2, 0.25) is 0 Å². The Labute approximate surface area is 176 Å². The number of carbonyl (C=O) groups excluding carboxylic acids is 1. The van der Waals surface area contributed by atoms with Crippen molar-refractivity contribution in [1.29, 1.82) is 0 Å². The summed E-state index contributed by atoms with van der Waals surface area (Å²) in [5, 5.41) is 2.91. The number of hydrogen-bond acceptors (Lipinski definition) is 4. The fourth-order valence-corrected chi connectivity index (χ4v) is 3.29. The van der Waals surface area contributed by atoms with Crippen LogP contribution in [0.25, 0.3) is 5.69 Å². The molecule has 152 valence electrons. The van der Waals surface area contributed by atoms with Crippen LogP contribution in [-0.2, 0) is 0 Å². The van der Waals surface area contributed by atoms with Gasteiger partial charge in [-0.3, -0.25) is 9.36 Å². The van der Waals surface area contributed by atoms with Crippen molar-refractivity contribution in [2.24, 2.45) is 0 Å². The van der Waals surface area contributed by atoms with E-state index in [0.717, 1.165) is 31.1 Å². The zero-order chi connectivity index (χ0) is 20.6. The first kappa shape index (κ1) is 20.8. The zero-order valence-electron chi connectivity index (χ0n) is 16.7. The Balaban J connectivity index is 1.64. The number of anilines is 1. The number of para-hydroxylation sites is 1. The smallest absolute Gasteiger partial charge is 0.274 e. The molecule has 0 radical (unpaired) electrons. The molecule has 2 aromatic carbocycles. The highest BCUT2D eigenvalue weighted by Gasteiger charge is 2.14. The fraction of sp³-hybridized carbons (Fsp3) is 0.273. The molecule has 0 atom stereocenters. The molecule has 1 amide bonds. The maximum absolute atomic E-state index is 12.8. The summed E-state index contributed by atoms with van der Waals surface area (Å²) in [6, 6.07) is 16.9. The van der Waals surface area contributed by atoms with Crippen molar-refractivity contribution < 1.29 is 9.53 Å². The van der Waals surface area contributed by atoms with Crippen molar-refractivity contribution in [2.75, 3.05) is 31.6 Å². The number of aromatic nitrogens is 2. The summed E-state index contributed by atoms with van der Waals surface area (Å²) in [6.45, 7) is 7.83. The highest BCUT2D eigenvalue weighted by Crippen LogP contribution is 2.18. The Kier molecular flexibility index (Phi) is 7.21. The minimum atomic E-state index is -0.239. The summed E-state index contributed by atoms with van der Waals surface area (Å²) in [6.07, 6.45) is 1.62. The topological polar surface area (TPSA) is 62.3 Å². The summed E-state index contributed by atoms with van der Waals surface area (Å²) in [7, 11) is 0. The van der Waals surface area contributed by atoms with Crippen molar-refractivity contribution in [3.05, 3.63) is 71.3 Å². The lowest BCUT2D eigenvalue weighted by Crippen LogP contribution is -2.27. The summed E-state index contributed by atoms with van der Waals surface area (Å²) < 4.78 is 7.98. The van der Waals surface area contributed by atoms with Gasteiger partial charge in [0.1, 0.15) is 18.1 Å². The number of hydrogen-bond donors (Lipinski definition) is 2. The first-order chi connectivity index (χ1) is 14.1. The summed E-state index contributed by atoms with van der Waals surface area (Å²) in [5.41, 5.74) is 1.97. The van der Waals surface area contributed by atoms with Crippen LogP contribution in [0, 0.1) is 4.77 Å². The lowest BCUT2D eigenvalue weighted by atomic mass is 10.2. The van der Waals surface area contributed by atoms with Crippen LogP contribution in [0.1, 0.15) is 24.3 Å². The molecule has 1 aromatic heterocycles. The Bertz CT molecular complexity index is 976. The van der Waals surface area contributed by atoms with Crippen LogP contribution < -0.4 is 10.1 Å². The van der Waals surface area contributed by atoms with Crippen LogP contribution in [0.5, 0.6) is 5.75 Å². The molecule has 0 aliphatic heterocycles. The molecule has 6 nitrogen and oxygen atoms in total. The molecule has 3 aromatic rings. The monoisotopic (exact) mass is 410 g/mol. The van der Waals surface area contributed by atoms with Gasteiger partial charge in [-0.15, -0.1) is 0 Å². The molecule has 0 saturated heterocycles. The predicted molar refractivity (Wildman–Crippen MR) is 119 cm³/mol. The first-order valence-electron chi connectivity index (χ1n) is 9.74.